The number of aliphatic hydroxyl groups is 1. The molecule has 1 aromatic carbocycles. The Labute approximate surface area is 130 Å². The van der Waals surface area contributed by atoms with E-state index >= 15 is 0 Å². The van der Waals surface area contributed by atoms with Gasteiger partial charge in [-0.05, 0) is 47.8 Å². The number of hydrogen-bond donors (Lipinski definition) is 1. The van der Waals surface area contributed by atoms with Crippen LogP contribution in [0.4, 0.5) is 0 Å². The molecule has 0 aliphatic heterocycles. The molecule has 120 valence electrons. The van der Waals surface area contributed by atoms with Crippen molar-refractivity contribution in [1.29, 1.82) is 0 Å². The first kappa shape index (κ1) is 18.0. The van der Waals surface area contributed by atoms with Crippen molar-refractivity contribution in [3.05, 3.63) is 29.8 Å². The predicted molar refractivity (Wildman–Crippen MR) is 89.8 cm³/mol. The van der Waals surface area contributed by atoms with Gasteiger partial charge < -0.3 is 9.84 Å². The Morgan fingerprint density at radius 3 is 2.33 bits per heavy atom. The smallest absolute Gasteiger partial charge is 0.119 e. The minimum atomic E-state index is -0.276. The summed E-state index contributed by atoms with van der Waals surface area (Å²) in [5, 5.41) is 10.5. The normalized spacial score (nSPS) is 14.0. The Morgan fingerprint density at radius 1 is 1.10 bits per heavy atom. The lowest BCUT2D eigenvalue weighted by molar-refractivity contribution is -0.0373. The van der Waals surface area contributed by atoms with Gasteiger partial charge in [0.1, 0.15) is 5.75 Å². The summed E-state index contributed by atoms with van der Waals surface area (Å²) >= 11 is 0. The highest BCUT2D eigenvalue weighted by Crippen LogP contribution is 2.37. The summed E-state index contributed by atoms with van der Waals surface area (Å²) in [4.78, 5) is 0. The fourth-order valence-corrected chi connectivity index (χ4v) is 3.05. The molecule has 1 atom stereocenters. The molecule has 2 nitrogen and oxygen atoms in total. The second kappa shape index (κ2) is 7.31. The quantitative estimate of drug-likeness (QED) is 0.729. The maximum atomic E-state index is 10.5. The van der Waals surface area contributed by atoms with E-state index < -0.39 is 0 Å². The monoisotopic (exact) mass is 292 g/mol. The molecule has 0 saturated heterocycles. The highest BCUT2D eigenvalue weighted by atomic mass is 16.5. The third-order valence-electron chi connectivity index (χ3n) is 4.23. The molecule has 0 amide bonds. The van der Waals surface area contributed by atoms with E-state index in [-0.39, 0.29) is 16.9 Å². The maximum Gasteiger partial charge on any atom is 0.119 e. The molecule has 1 aromatic rings. The summed E-state index contributed by atoms with van der Waals surface area (Å²) in [7, 11) is 1.70. The van der Waals surface area contributed by atoms with Gasteiger partial charge in [-0.3, -0.25) is 0 Å². The van der Waals surface area contributed by atoms with Crippen LogP contribution in [0.3, 0.4) is 0 Å². The Bertz CT molecular complexity index is 429. The predicted octanol–water partition coefficient (Wildman–Crippen LogP) is 4.84. The van der Waals surface area contributed by atoms with E-state index in [1.165, 1.54) is 5.56 Å². The van der Waals surface area contributed by atoms with Gasteiger partial charge in [0.05, 0.1) is 13.2 Å². The van der Waals surface area contributed by atoms with Crippen LogP contribution in [0.5, 0.6) is 5.75 Å². The molecule has 0 saturated carbocycles. The zero-order valence-corrected chi connectivity index (χ0v) is 14.6. The Hall–Kier alpha value is -1.02. The van der Waals surface area contributed by atoms with E-state index in [1.807, 2.05) is 12.1 Å². The van der Waals surface area contributed by atoms with E-state index in [0.29, 0.717) is 0 Å². The van der Waals surface area contributed by atoms with Crippen molar-refractivity contribution in [1.82, 2.24) is 0 Å². The third-order valence-corrected chi connectivity index (χ3v) is 4.23. The lowest BCUT2D eigenvalue weighted by atomic mass is 9.70. The Morgan fingerprint density at radius 2 is 1.76 bits per heavy atom. The number of hydrogen-bond acceptors (Lipinski definition) is 2. The molecule has 0 aromatic heterocycles. The summed E-state index contributed by atoms with van der Waals surface area (Å²) in [6.45, 7) is 10.7. The fourth-order valence-electron chi connectivity index (χ4n) is 3.05. The maximum absolute atomic E-state index is 10.5. The van der Waals surface area contributed by atoms with Gasteiger partial charge in [0.2, 0.25) is 0 Å². The lowest BCUT2D eigenvalue weighted by Crippen LogP contribution is -2.39. The number of unbranched alkanes of at least 4 members (excludes halogenated alkanes) is 1. The molecule has 2 heteroatoms. The molecular weight excluding hydrogens is 260 g/mol. The molecular formula is C19H32O2. The van der Waals surface area contributed by atoms with Gasteiger partial charge in [-0.2, -0.15) is 0 Å². The first-order chi connectivity index (χ1) is 9.66. The van der Waals surface area contributed by atoms with Gasteiger partial charge in [0, 0.05) is 0 Å². The van der Waals surface area contributed by atoms with Gasteiger partial charge in [-0.15, -0.1) is 0 Å². The molecule has 0 bridgehead atoms. The minimum absolute atomic E-state index is 0.0351. The molecule has 1 N–H and O–H groups in total. The molecule has 1 rings (SSSR count). The first-order valence-electron chi connectivity index (χ1n) is 7.98. The van der Waals surface area contributed by atoms with Crippen molar-refractivity contribution in [3.8, 4) is 5.75 Å². The SMILES string of the molecule is COc1cccc(CCCCC(C)(C)C(O)C(C)(C)C)c1. The van der Waals surface area contributed by atoms with Crippen molar-refractivity contribution < 1.29 is 9.84 Å². The van der Waals surface area contributed by atoms with Crippen LogP contribution in [0.1, 0.15) is 59.4 Å². The van der Waals surface area contributed by atoms with Crippen molar-refractivity contribution in [2.75, 3.05) is 7.11 Å². The summed E-state index contributed by atoms with van der Waals surface area (Å²) in [5.41, 5.74) is 1.23. The number of ether oxygens (including phenoxy) is 1. The lowest BCUT2D eigenvalue weighted by Gasteiger charge is -2.39. The molecule has 0 spiro atoms. The van der Waals surface area contributed by atoms with Crippen molar-refractivity contribution in [2.24, 2.45) is 10.8 Å². The van der Waals surface area contributed by atoms with Crippen LogP contribution in [-0.2, 0) is 6.42 Å². The number of rotatable bonds is 7. The summed E-state index contributed by atoms with van der Waals surface area (Å²) in [6.07, 6.45) is 4.13. The van der Waals surface area contributed by atoms with Crippen LogP contribution in [0.15, 0.2) is 24.3 Å². The number of aliphatic hydroxyl groups excluding tert-OH is 1. The van der Waals surface area contributed by atoms with Crippen LogP contribution >= 0.6 is 0 Å². The summed E-state index contributed by atoms with van der Waals surface area (Å²) < 4.78 is 5.25. The molecule has 21 heavy (non-hydrogen) atoms. The van der Waals surface area contributed by atoms with Gasteiger partial charge in [-0.25, -0.2) is 0 Å². The standard InChI is InChI=1S/C19H32O2/c1-18(2,3)17(20)19(4,5)13-8-7-10-15-11-9-12-16(14-15)21-6/h9,11-12,14,17,20H,7-8,10,13H2,1-6H3. The van der Waals surface area contributed by atoms with E-state index in [9.17, 15) is 5.11 Å². The van der Waals surface area contributed by atoms with Gasteiger partial charge in [0.25, 0.3) is 0 Å². The van der Waals surface area contributed by atoms with E-state index in [4.69, 9.17) is 4.74 Å². The van der Waals surface area contributed by atoms with E-state index in [1.54, 1.807) is 7.11 Å². The minimum Gasteiger partial charge on any atom is -0.497 e. The molecule has 0 aliphatic rings. The molecule has 0 fully saturated rings. The second-order valence-electron chi connectivity index (χ2n) is 7.82. The molecule has 0 aliphatic carbocycles. The Kier molecular flexibility index (Phi) is 6.27. The third kappa shape index (κ3) is 5.70. The van der Waals surface area contributed by atoms with Crippen molar-refractivity contribution in [2.45, 2.75) is 66.4 Å². The van der Waals surface area contributed by atoms with Gasteiger partial charge in [-0.1, -0.05) is 53.2 Å². The largest absolute Gasteiger partial charge is 0.497 e. The van der Waals surface area contributed by atoms with Crippen LogP contribution in [-0.4, -0.2) is 18.3 Å². The van der Waals surface area contributed by atoms with Crippen molar-refractivity contribution in [3.63, 3.8) is 0 Å². The second-order valence-corrected chi connectivity index (χ2v) is 7.82. The van der Waals surface area contributed by atoms with Crippen LogP contribution < -0.4 is 4.74 Å². The zero-order chi connectivity index (χ0) is 16.1. The average molecular weight is 292 g/mol. The molecule has 0 heterocycles. The molecule has 0 radical (unpaired) electrons. The Balaban J connectivity index is 2.42. The highest BCUT2D eigenvalue weighted by molar-refractivity contribution is 5.28. The van der Waals surface area contributed by atoms with Crippen LogP contribution in [0.2, 0.25) is 0 Å². The van der Waals surface area contributed by atoms with Gasteiger partial charge in [0.15, 0.2) is 0 Å². The number of aryl methyl sites for hydroxylation is 1. The molecule has 1 unspecified atom stereocenters. The van der Waals surface area contributed by atoms with Crippen LogP contribution in [0.25, 0.3) is 0 Å². The van der Waals surface area contributed by atoms with Gasteiger partial charge >= 0.3 is 0 Å². The topological polar surface area (TPSA) is 29.5 Å². The fraction of sp³-hybridized carbons (Fsp3) is 0.684. The first-order valence-corrected chi connectivity index (χ1v) is 7.98. The summed E-state index contributed by atoms with van der Waals surface area (Å²) in [5.74, 6) is 0.927. The summed E-state index contributed by atoms with van der Waals surface area (Å²) in [6, 6.07) is 8.28. The van der Waals surface area contributed by atoms with Crippen LogP contribution in [0, 0.1) is 10.8 Å². The van der Waals surface area contributed by atoms with Crippen molar-refractivity contribution >= 4 is 0 Å². The van der Waals surface area contributed by atoms with E-state index in [2.05, 4.69) is 46.8 Å². The van der Waals surface area contributed by atoms with E-state index in [0.717, 1.165) is 31.4 Å². The number of benzene rings is 1. The zero-order valence-electron chi connectivity index (χ0n) is 14.6. The highest BCUT2D eigenvalue weighted by Gasteiger charge is 2.35. The number of methoxy groups -OCH3 is 1. The average Bonchev–Trinajstić information content (AvgIpc) is 2.42.